The molecule has 1 aliphatic heterocycles. The second kappa shape index (κ2) is 7.66. The highest BCUT2D eigenvalue weighted by Gasteiger charge is 2.42. The number of hydrogen-bond donors (Lipinski definition) is 2. The Morgan fingerprint density at radius 2 is 2.10 bits per heavy atom. The number of aromatic nitrogens is 1. The maximum atomic E-state index is 13.4. The van der Waals surface area contributed by atoms with Crippen LogP contribution in [0.4, 0.5) is 23.7 Å². The Hall–Kier alpha value is -2.04. The molecular formula is C18H22BrF3N4O3. The third-order valence-corrected chi connectivity index (χ3v) is 6.04. The number of carbonyl (C=O) groups excluding carboxylic acids is 2. The Labute approximate surface area is 174 Å². The molecule has 2 amide bonds. The molecule has 0 aromatic carbocycles. The molecule has 2 fully saturated rings. The maximum absolute atomic E-state index is 13.4. The van der Waals surface area contributed by atoms with E-state index in [2.05, 4.69) is 26.2 Å². The molecule has 1 aromatic heterocycles. The highest BCUT2D eigenvalue weighted by Crippen LogP contribution is 2.42. The van der Waals surface area contributed by atoms with E-state index >= 15 is 0 Å². The number of primary amides is 1. The van der Waals surface area contributed by atoms with Gasteiger partial charge in [-0.25, -0.2) is 9.78 Å². The zero-order valence-electron chi connectivity index (χ0n) is 16.0. The highest BCUT2D eigenvalue weighted by molar-refractivity contribution is 9.10. The largest absolute Gasteiger partial charge is 0.441 e. The van der Waals surface area contributed by atoms with Crippen molar-refractivity contribution in [2.24, 2.45) is 11.7 Å². The SMILES string of the molecule is C[C@H](NC(=O)c1cnc(C(F)(F)F)c(Br)c1N1CC[C@](C)(OC(N)=O)C1)C1CC1. The smallest absolute Gasteiger partial charge is 0.434 e. The van der Waals surface area contributed by atoms with Crippen molar-refractivity contribution in [1.29, 1.82) is 0 Å². The van der Waals surface area contributed by atoms with Crippen LogP contribution in [-0.2, 0) is 10.9 Å². The van der Waals surface area contributed by atoms with E-state index in [9.17, 15) is 22.8 Å². The molecule has 0 unspecified atom stereocenters. The minimum Gasteiger partial charge on any atom is -0.441 e. The molecule has 160 valence electrons. The number of rotatable bonds is 5. The second-order valence-corrected chi connectivity index (χ2v) is 8.62. The lowest BCUT2D eigenvalue weighted by molar-refractivity contribution is -0.141. The van der Waals surface area contributed by atoms with Gasteiger partial charge in [-0.1, -0.05) is 0 Å². The number of pyridine rings is 1. The Kier molecular flexibility index (Phi) is 5.72. The number of alkyl halides is 3. The summed E-state index contributed by atoms with van der Waals surface area (Å²) >= 11 is 3.01. The van der Waals surface area contributed by atoms with Crippen LogP contribution in [0.25, 0.3) is 0 Å². The predicted molar refractivity (Wildman–Crippen MR) is 102 cm³/mol. The molecule has 0 bridgehead atoms. The third-order valence-electron chi connectivity index (χ3n) is 5.29. The Morgan fingerprint density at radius 3 is 2.66 bits per heavy atom. The molecule has 1 saturated heterocycles. The molecule has 1 saturated carbocycles. The summed E-state index contributed by atoms with van der Waals surface area (Å²) in [5, 5.41) is 2.85. The maximum Gasteiger partial charge on any atom is 0.434 e. The number of anilines is 1. The fourth-order valence-electron chi connectivity index (χ4n) is 3.60. The number of hydrogen-bond acceptors (Lipinski definition) is 5. The molecule has 11 heteroatoms. The molecule has 2 atom stereocenters. The molecule has 0 spiro atoms. The van der Waals surface area contributed by atoms with Crippen molar-refractivity contribution in [2.75, 3.05) is 18.0 Å². The van der Waals surface area contributed by atoms with E-state index in [1.165, 1.54) is 0 Å². The number of nitrogens with two attached hydrogens (primary N) is 1. The summed E-state index contributed by atoms with van der Waals surface area (Å²) in [6.45, 7) is 3.89. The van der Waals surface area contributed by atoms with Crippen LogP contribution in [0, 0.1) is 5.92 Å². The van der Waals surface area contributed by atoms with E-state index in [0.717, 1.165) is 19.0 Å². The summed E-state index contributed by atoms with van der Waals surface area (Å²) in [4.78, 5) is 29.1. The monoisotopic (exact) mass is 478 g/mol. The van der Waals surface area contributed by atoms with Gasteiger partial charge in [-0.15, -0.1) is 0 Å². The number of amides is 2. The third kappa shape index (κ3) is 4.76. The van der Waals surface area contributed by atoms with Crippen molar-refractivity contribution in [2.45, 2.75) is 50.9 Å². The Bertz CT molecular complexity index is 831. The summed E-state index contributed by atoms with van der Waals surface area (Å²) in [6, 6.07) is -0.0848. The molecule has 1 aromatic rings. The second-order valence-electron chi connectivity index (χ2n) is 7.82. The van der Waals surface area contributed by atoms with Crippen molar-refractivity contribution in [3.63, 3.8) is 0 Å². The van der Waals surface area contributed by atoms with Gasteiger partial charge in [0.05, 0.1) is 22.3 Å². The zero-order valence-corrected chi connectivity index (χ0v) is 17.6. The number of nitrogens with one attached hydrogen (secondary N) is 1. The Morgan fingerprint density at radius 1 is 1.45 bits per heavy atom. The van der Waals surface area contributed by atoms with E-state index in [-0.39, 0.29) is 34.9 Å². The number of halogens is 4. The highest BCUT2D eigenvalue weighted by atomic mass is 79.9. The fourth-order valence-corrected chi connectivity index (χ4v) is 4.39. The molecule has 29 heavy (non-hydrogen) atoms. The molecule has 2 heterocycles. The van der Waals surface area contributed by atoms with Crippen LogP contribution < -0.4 is 16.0 Å². The average molecular weight is 479 g/mol. The van der Waals surface area contributed by atoms with Gasteiger partial charge in [0, 0.05) is 25.2 Å². The molecule has 0 radical (unpaired) electrons. The zero-order chi connectivity index (χ0) is 21.6. The van der Waals surface area contributed by atoms with Gasteiger partial charge in [0.15, 0.2) is 5.69 Å². The van der Waals surface area contributed by atoms with E-state index in [1.807, 2.05) is 6.92 Å². The summed E-state index contributed by atoms with van der Waals surface area (Å²) in [7, 11) is 0. The standard InChI is InChI=1S/C18H22BrF3N4O3/c1-9(10-3-4-10)25-15(27)11-7-24-14(18(20,21)22)12(19)13(11)26-6-5-17(2,8-26)29-16(23)28/h7,9-10H,3-6,8H2,1-2H3,(H2,23,28)(H,25,27)/t9-,17-/m0/s1. The van der Waals surface area contributed by atoms with Crippen LogP contribution in [0.15, 0.2) is 10.7 Å². The molecule has 3 N–H and O–H groups in total. The summed E-state index contributed by atoms with van der Waals surface area (Å²) in [5.41, 5.74) is 3.12. The van der Waals surface area contributed by atoms with Gasteiger partial charge in [0.2, 0.25) is 0 Å². The van der Waals surface area contributed by atoms with Crippen LogP contribution in [-0.4, -0.2) is 41.7 Å². The van der Waals surface area contributed by atoms with E-state index < -0.39 is 29.5 Å². The predicted octanol–water partition coefficient (Wildman–Crippen LogP) is 3.46. The first-order chi connectivity index (χ1) is 13.4. The van der Waals surface area contributed by atoms with E-state index in [0.29, 0.717) is 12.3 Å². The summed E-state index contributed by atoms with van der Waals surface area (Å²) < 4.78 is 45.0. The topological polar surface area (TPSA) is 97.6 Å². The molecule has 3 rings (SSSR count). The van der Waals surface area contributed by atoms with Gasteiger partial charge in [0.25, 0.3) is 5.91 Å². The summed E-state index contributed by atoms with van der Waals surface area (Å²) in [5.74, 6) is -0.113. The number of ether oxygens (including phenoxy) is 1. The lowest BCUT2D eigenvalue weighted by atomic mass is 10.1. The van der Waals surface area contributed by atoms with Crippen LogP contribution in [0.1, 0.15) is 49.2 Å². The fraction of sp³-hybridized carbons (Fsp3) is 0.611. The Balaban J connectivity index is 1.97. The number of carbonyl (C=O) groups is 2. The van der Waals surface area contributed by atoms with Crippen LogP contribution >= 0.6 is 15.9 Å². The van der Waals surface area contributed by atoms with Gasteiger partial charge >= 0.3 is 12.3 Å². The molecular weight excluding hydrogens is 457 g/mol. The lowest BCUT2D eigenvalue weighted by Crippen LogP contribution is -2.39. The minimum absolute atomic E-state index is 0.0284. The normalized spacial score (nSPS) is 23.0. The van der Waals surface area contributed by atoms with Crippen molar-refractivity contribution >= 4 is 33.6 Å². The van der Waals surface area contributed by atoms with Crippen LogP contribution in [0.2, 0.25) is 0 Å². The molecule has 2 aliphatic rings. The van der Waals surface area contributed by atoms with Crippen LogP contribution in [0.5, 0.6) is 0 Å². The quantitative estimate of drug-likeness (QED) is 0.675. The van der Waals surface area contributed by atoms with E-state index in [4.69, 9.17) is 10.5 Å². The van der Waals surface area contributed by atoms with Crippen molar-refractivity contribution in [3.05, 3.63) is 21.9 Å². The molecule has 7 nitrogen and oxygen atoms in total. The van der Waals surface area contributed by atoms with Crippen molar-refractivity contribution in [3.8, 4) is 0 Å². The van der Waals surface area contributed by atoms with Gasteiger partial charge in [0.1, 0.15) is 5.60 Å². The summed E-state index contributed by atoms with van der Waals surface area (Å²) in [6.07, 6.45) is -2.34. The van der Waals surface area contributed by atoms with E-state index in [1.54, 1.807) is 11.8 Å². The molecule has 1 aliphatic carbocycles. The van der Waals surface area contributed by atoms with Gasteiger partial charge < -0.3 is 20.7 Å². The first kappa shape index (κ1) is 21.7. The van der Waals surface area contributed by atoms with Crippen molar-refractivity contribution in [1.82, 2.24) is 10.3 Å². The average Bonchev–Trinajstić information content (AvgIpc) is 3.36. The number of nitrogens with zero attached hydrogens (tertiary/aromatic N) is 2. The minimum atomic E-state index is -4.70. The van der Waals surface area contributed by atoms with Gasteiger partial charge in [-0.05, 0) is 48.5 Å². The van der Waals surface area contributed by atoms with Crippen molar-refractivity contribution < 1.29 is 27.5 Å². The first-order valence-corrected chi connectivity index (χ1v) is 10.0. The first-order valence-electron chi connectivity index (χ1n) is 9.21. The van der Waals surface area contributed by atoms with Crippen LogP contribution in [0.3, 0.4) is 0 Å². The van der Waals surface area contributed by atoms with Gasteiger partial charge in [-0.3, -0.25) is 4.79 Å². The lowest BCUT2D eigenvalue weighted by Gasteiger charge is -2.27. The van der Waals surface area contributed by atoms with Gasteiger partial charge in [-0.2, -0.15) is 13.2 Å².